The van der Waals surface area contributed by atoms with E-state index in [1.54, 1.807) is 0 Å². The molecule has 0 bridgehead atoms. The van der Waals surface area contributed by atoms with Crippen molar-refractivity contribution in [2.75, 3.05) is 13.2 Å². The molecule has 10 heteroatoms. The molecular formula is C21H37O9P. The summed E-state index contributed by atoms with van der Waals surface area (Å²) >= 11 is 0. The summed E-state index contributed by atoms with van der Waals surface area (Å²) in [7, 11) is -4.67. The van der Waals surface area contributed by atoms with E-state index < -0.39 is 33.1 Å². The number of phosphoric acid groups is 1. The van der Waals surface area contributed by atoms with E-state index in [0.717, 1.165) is 38.5 Å². The zero-order chi connectivity index (χ0) is 23.4. The summed E-state index contributed by atoms with van der Waals surface area (Å²) in [4.78, 5) is 33.4. The Morgan fingerprint density at radius 3 is 2.39 bits per heavy atom. The number of esters is 1. The predicted octanol–water partition coefficient (Wildman–Crippen LogP) is 4.06. The van der Waals surface area contributed by atoms with Crippen LogP contribution in [0.4, 0.5) is 0 Å². The lowest BCUT2D eigenvalue weighted by molar-refractivity contribution is -0.267. The second-order valence-corrected chi connectivity index (χ2v) is 8.20. The summed E-state index contributed by atoms with van der Waals surface area (Å²) in [6, 6.07) is 0. The van der Waals surface area contributed by atoms with Gasteiger partial charge in [-0.25, -0.2) is 9.45 Å². The normalized spacial score (nSPS) is 14.6. The zero-order valence-electron chi connectivity index (χ0n) is 18.2. The number of aliphatic hydroxyl groups excluding tert-OH is 1. The Morgan fingerprint density at radius 2 is 1.74 bits per heavy atom. The van der Waals surface area contributed by atoms with Crippen molar-refractivity contribution in [3.05, 3.63) is 36.5 Å². The molecule has 4 N–H and O–H groups in total. The molecule has 0 aliphatic rings. The van der Waals surface area contributed by atoms with Crippen molar-refractivity contribution in [3.8, 4) is 0 Å². The summed E-state index contributed by atoms with van der Waals surface area (Å²) in [5, 5.41) is 18.0. The van der Waals surface area contributed by atoms with Crippen molar-refractivity contribution >= 4 is 13.8 Å². The van der Waals surface area contributed by atoms with Crippen LogP contribution in [0.2, 0.25) is 0 Å². The molecule has 0 spiro atoms. The third kappa shape index (κ3) is 20.3. The molecule has 0 saturated carbocycles. The summed E-state index contributed by atoms with van der Waals surface area (Å²) in [5.41, 5.74) is 0. The highest BCUT2D eigenvalue weighted by Gasteiger charge is 2.20. The van der Waals surface area contributed by atoms with Crippen LogP contribution in [0.3, 0.4) is 0 Å². The average molecular weight is 464 g/mol. The first-order chi connectivity index (χ1) is 14.8. The second kappa shape index (κ2) is 19.4. The van der Waals surface area contributed by atoms with Gasteiger partial charge < -0.3 is 19.6 Å². The van der Waals surface area contributed by atoms with Gasteiger partial charge in [0.05, 0.1) is 13.2 Å². The smallest absolute Gasteiger partial charge is 0.457 e. The first-order valence-electron chi connectivity index (χ1n) is 10.6. The Balaban J connectivity index is 3.84. The molecule has 0 radical (unpaired) electrons. The maximum absolute atomic E-state index is 11.7. The first-order valence-corrected chi connectivity index (χ1v) is 12.1. The van der Waals surface area contributed by atoms with E-state index in [4.69, 9.17) is 24.9 Å². The van der Waals surface area contributed by atoms with Gasteiger partial charge in [0.2, 0.25) is 0 Å². The van der Waals surface area contributed by atoms with Crippen molar-refractivity contribution in [2.45, 2.75) is 76.9 Å². The Hall–Kier alpha value is -1.32. The van der Waals surface area contributed by atoms with E-state index in [9.17, 15) is 9.36 Å². The van der Waals surface area contributed by atoms with E-state index in [1.165, 1.54) is 0 Å². The number of ether oxygens (including phenoxy) is 1. The van der Waals surface area contributed by atoms with E-state index in [2.05, 4.69) is 28.5 Å². The molecule has 0 rings (SSSR count). The maximum atomic E-state index is 11.7. The van der Waals surface area contributed by atoms with Crippen molar-refractivity contribution in [1.82, 2.24) is 0 Å². The molecule has 0 fully saturated rings. The number of carbonyl (C=O) groups excluding carboxylic acids is 1. The van der Waals surface area contributed by atoms with Crippen molar-refractivity contribution in [2.24, 2.45) is 0 Å². The number of aliphatic hydroxyl groups is 1. The van der Waals surface area contributed by atoms with Crippen molar-refractivity contribution in [3.63, 3.8) is 0 Å². The third-order valence-electron chi connectivity index (χ3n) is 4.18. The minimum absolute atomic E-state index is 0.150. The van der Waals surface area contributed by atoms with Gasteiger partial charge in [-0.3, -0.25) is 14.6 Å². The summed E-state index contributed by atoms with van der Waals surface area (Å²) < 4.78 is 19.8. The van der Waals surface area contributed by atoms with Crippen LogP contribution in [0.1, 0.15) is 64.7 Å². The molecule has 0 aliphatic heterocycles. The fourth-order valence-corrected chi connectivity index (χ4v) is 2.93. The molecule has 0 heterocycles. The number of hydrogen-bond acceptors (Lipinski definition) is 7. The predicted molar refractivity (Wildman–Crippen MR) is 117 cm³/mol. The Morgan fingerprint density at radius 1 is 1.03 bits per heavy atom. The molecule has 0 aliphatic carbocycles. The standard InChI is InChI=1S/C21H37O9P/c1-2-3-4-5-6-8-11-14-19(30-24)15-12-9-7-10-13-16-21(23)29-20(17-22)18-28-31(25,26)27/h3-4,6,8,11,14,19-20,22,24H,2,5,7,9-10,12-13,15-18H2,1H3,(H2,25,26,27)/b4-3-,8-6-,14-11+. The van der Waals surface area contributed by atoms with Crippen molar-refractivity contribution in [1.29, 1.82) is 0 Å². The van der Waals surface area contributed by atoms with Gasteiger partial charge in [0.25, 0.3) is 0 Å². The number of hydrogen-bond donors (Lipinski definition) is 4. The van der Waals surface area contributed by atoms with E-state index in [-0.39, 0.29) is 12.5 Å². The number of rotatable bonds is 19. The summed E-state index contributed by atoms with van der Waals surface area (Å²) in [6.45, 7) is 0.934. The molecule has 180 valence electrons. The van der Waals surface area contributed by atoms with Crippen LogP contribution in [-0.2, 0) is 23.5 Å². The molecule has 9 nitrogen and oxygen atoms in total. The molecule has 2 unspecified atom stereocenters. The Kier molecular flexibility index (Phi) is 18.5. The van der Waals surface area contributed by atoms with Gasteiger partial charge in [0.15, 0.2) is 0 Å². The number of allylic oxidation sites excluding steroid dienone is 5. The lowest BCUT2D eigenvalue weighted by Crippen LogP contribution is -2.26. The van der Waals surface area contributed by atoms with Crippen LogP contribution in [-0.4, -0.2) is 51.5 Å². The number of carbonyl (C=O) groups is 1. The summed E-state index contributed by atoms with van der Waals surface area (Å²) in [6.07, 6.45) is 17.2. The van der Waals surface area contributed by atoms with Crippen LogP contribution in [0, 0.1) is 0 Å². The van der Waals surface area contributed by atoms with E-state index in [1.807, 2.05) is 24.3 Å². The fourth-order valence-electron chi connectivity index (χ4n) is 2.56. The van der Waals surface area contributed by atoms with Gasteiger partial charge in [0.1, 0.15) is 12.2 Å². The molecule has 0 aromatic heterocycles. The molecule has 31 heavy (non-hydrogen) atoms. The van der Waals surface area contributed by atoms with E-state index >= 15 is 0 Å². The molecule has 0 amide bonds. The Bertz CT molecular complexity index is 583. The monoisotopic (exact) mass is 464 g/mol. The Labute approximate surface area is 184 Å². The highest BCUT2D eigenvalue weighted by atomic mass is 31.2. The minimum atomic E-state index is -4.67. The highest BCUT2D eigenvalue weighted by Crippen LogP contribution is 2.35. The van der Waals surface area contributed by atoms with Gasteiger partial charge >= 0.3 is 13.8 Å². The van der Waals surface area contributed by atoms with Gasteiger partial charge in [0, 0.05) is 6.42 Å². The number of phosphoric ester groups is 1. The number of unbranched alkanes of at least 4 members (excludes halogenated alkanes) is 4. The lowest BCUT2D eigenvalue weighted by Gasteiger charge is -2.15. The largest absolute Gasteiger partial charge is 0.469 e. The first kappa shape index (κ1) is 29.7. The highest BCUT2D eigenvalue weighted by molar-refractivity contribution is 7.46. The lowest BCUT2D eigenvalue weighted by atomic mass is 10.1. The van der Waals surface area contributed by atoms with Crippen LogP contribution in [0.25, 0.3) is 0 Å². The molecule has 0 saturated heterocycles. The molecule has 0 aromatic carbocycles. The maximum Gasteiger partial charge on any atom is 0.469 e. The SMILES string of the molecule is CC/C=C\C/C=C\C=C\C(CCCCCCCC(=O)OC(CO)COP(=O)(O)O)OO. The third-order valence-corrected chi connectivity index (χ3v) is 4.67. The van der Waals surface area contributed by atoms with Crippen LogP contribution in [0.15, 0.2) is 36.5 Å². The molecule has 2 atom stereocenters. The van der Waals surface area contributed by atoms with Crippen LogP contribution in [0.5, 0.6) is 0 Å². The fraction of sp³-hybridized carbons (Fsp3) is 0.667. The topological polar surface area (TPSA) is 143 Å². The average Bonchev–Trinajstić information content (AvgIpc) is 2.73. The zero-order valence-corrected chi connectivity index (χ0v) is 19.1. The van der Waals surface area contributed by atoms with Gasteiger partial charge in [-0.2, -0.15) is 0 Å². The van der Waals surface area contributed by atoms with Gasteiger partial charge in [-0.05, 0) is 25.7 Å². The van der Waals surface area contributed by atoms with Gasteiger partial charge in [-0.1, -0.05) is 69.1 Å². The molecular weight excluding hydrogens is 427 g/mol. The molecule has 0 aromatic rings. The van der Waals surface area contributed by atoms with Crippen LogP contribution >= 0.6 is 7.82 Å². The minimum Gasteiger partial charge on any atom is -0.457 e. The van der Waals surface area contributed by atoms with E-state index in [0.29, 0.717) is 12.8 Å². The van der Waals surface area contributed by atoms with Crippen LogP contribution < -0.4 is 0 Å². The summed E-state index contributed by atoms with van der Waals surface area (Å²) in [5.74, 6) is -0.550. The van der Waals surface area contributed by atoms with Crippen molar-refractivity contribution < 1.29 is 43.7 Å². The quantitative estimate of drug-likeness (QED) is 0.0423. The van der Waals surface area contributed by atoms with Gasteiger partial charge in [-0.15, -0.1) is 0 Å². The second-order valence-electron chi connectivity index (χ2n) is 6.96.